The first kappa shape index (κ1) is 19.0. The molecule has 5 nitrogen and oxygen atoms in total. The van der Waals surface area contributed by atoms with Crippen molar-refractivity contribution in [3.05, 3.63) is 59.2 Å². The quantitative estimate of drug-likeness (QED) is 0.816. The predicted octanol–water partition coefficient (Wildman–Crippen LogP) is 3.67. The van der Waals surface area contributed by atoms with Crippen LogP contribution in [0.15, 0.2) is 47.4 Å². The average Bonchev–Trinajstić information content (AvgIpc) is 2.53. The summed E-state index contributed by atoms with van der Waals surface area (Å²) in [4.78, 5) is 11.0. The van der Waals surface area contributed by atoms with Crippen LogP contribution in [0.3, 0.4) is 0 Å². The molecule has 0 aliphatic carbocycles. The van der Waals surface area contributed by atoms with Crippen LogP contribution in [0.2, 0.25) is 0 Å². The monoisotopic (exact) mass is 361 g/mol. The van der Waals surface area contributed by atoms with Gasteiger partial charge in [-0.25, -0.2) is 8.42 Å². The van der Waals surface area contributed by atoms with Crippen molar-refractivity contribution in [3.8, 4) is 0 Å². The van der Waals surface area contributed by atoms with Gasteiger partial charge in [-0.3, -0.25) is 9.10 Å². The molecule has 0 bridgehead atoms. The Hall–Kier alpha value is -2.34. The van der Waals surface area contributed by atoms with Gasteiger partial charge in [-0.2, -0.15) is 0 Å². The van der Waals surface area contributed by atoms with E-state index in [2.05, 4.69) is 0 Å². The molecule has 0 fully saturated rings. The molecule has 2 rings (SSSR count). The number of hydrogen-bond acceptors (Lipinski definition) is 3. The molecule has 0 aliphatic heterocycles. The van der Waals surface area contributed by atoms with Crippen molar-refractivity contribution in [3.63, 3.8) is 0 Å². The fourth-order valence-corrected chi connectivity index (χ4v) is 4.39. The average molecular weight is 361 g/mol. The van der Waals surface area contributed by atoms with E-state index in [9.17, 15) is 13.2 Å². The maximum absolute atomic E-state index is 13.2. The minimum atomic E-state index is -3.77. The predicted molar refractivity (Wildman–Crippen MR) is 98.5 cm³/mol. The minimum absolute atomic E-state index is 0.0785. The highest BCUT2D eigenvalue weighted by Crippen LogP contribution is 2.30. The lowest BCUT2D eigenvalue weighted by atomic mass is 10.1. The van der Waals surface area contributed by atoms with Gasteiger partial charge >= 0.3 is 5.97 Å². The number of aryl methyl sites for hydroxylation is 3. The molecular formula is C19H23NO4S. The third kappa shape index (κ3) is 4.39. The molecule has 0 saturated heterocycles. The van der Waals surface area contributed by atoms with Crippen LogP contribution in [-0.2, 0) is 14.8 Å². The maximum Gasteiger partial charge on any atom is 0.303 e. The van der Waals surface area contributed by atoms with Crippen LogP contribution < -0.4 is 4.31 Å². The minimum Gasteiger partial charge on any atom is -0.481 e. The third-order valence-corrected chi connectivity index (χ3v) is 5.86. The molecule has 0 aliphatic rings. The number of nitrogens with zero attached hydrogens (tertiary/aromatic N) is 1. The number of anilines is 1. The smallest absolute Gasteiger partial charge is 0.303 e. The van der Waals surface area contributed by atoms with Crippen LogP contribution in [-0.4, -0.2) is 26.0 Å². The van der Waals surface area contributed by atoms with Crippen molar-refractivity contribution in [2.45, 2.75) is 38.5 Å². The highest BCUT2D eigenvalue weighted by Gasteiger charge is 2.27. The van der Waals surface area contributed by atoms with Crippen molar-refractivity contribution in [1.29, 1.82) is 0 Å². The number of carboxylic acid groups (broad SMARTS) is 1. The zero-order valence-corrected chi connectivity index (χ0v) is 15.5. The van der Waals surface area contributed by atoms with Gasteiger partial charge in [0.15, 0.2) is 0 Å². The Morgan fingerprint density at radius 2 is 1.56 bits per heavy atom. The lowest BCUT2D eigenvalue weighted by Crippen LogP contribution is -2.33. The summed E-state index contributed by atoms with van der Waals surface area (Å²) < 4.78 is 27.7. The van der Waals surface area contributed by atoms with E-state index in [4.69, 9.17) is 5.11 Å². The highest BCUT2D eigenvalue weighted by atomic mass is 32.2. The molecule has 0 amide bonds. The molecule has 6 heteroatoms. The Kier molecular flexibility index (Phi) is 5.85. The number of aliphatic carboxylic acids is 1. The van der Waals surface area contributed by atoms with E-state index < -0.39 is 16.0 Å². The van der Waals surface area contributed by atoms with Crippen LogP contribution in [0, 0.1) is 20.8 Å². The van der Waals surface area contributed by atoms with Crippen LogP contribution >= 0.6 is 0 Å². The van der Waals surface area contributed by atoms with Gasteiger partial charge in [0.05, 0.1) is 10.6 Å². The van der Waals surface area contributed by atoms with Gasteiger partial charge in [0, 0.05) is 13.0 Å². The zero-order valence-electron chi connectivity index (χ0n) is 14.7. The SMILES string of the molecule is Cc1ccc(S(=O)(=O)N(CCCC(=O)O)c2c(C)cccc2C)cc1. The topological polar surface area (TPSA) is 74.7 Å². The standard InChI is InChI=1S/C19H23NO4S/c1-14-9-11-17(12-10-14)25(23,24)20(13-5-8-18(21)22)19-15(2)6-4-7-16(19)3/h4,6-7,9-12H,5,8,13H2,1-3H3,(H,21,22). The molecule has 25 heavy (non-hydrogen) atoms. The van der Waals surface area contributed by atoms with Gasteiger partial charge in [-0.1, -0.05) is 35.9 Å². The Balaban J connectivity index is 2.50. The fraction of sp³-hybridized carbons (Fsp3) is 0.316. The van der Waals surface area contributed by atoms with Crippen molar-refractivity contribution in [1.82, 2.24) is 0 Å². The number of rotatable bonds is 7. The van der Waals surface area contributed by atoms with E-state index in [0.717, 1.165) is 16.7 Å². The van der Waals surface area contributed by atoms with E-state index in [0.29, 0.717) is 5.69 Å². The first-order valence-electron chi connectivity index (χ1n) is 8.11. The van der Waals surface area contributed by atoms with Gasteiger partial charge in [0.1, 0.15) is 0 Å². The van der Waals surface area contributed by atoms with Gasteiger partial charge < -0.3 is 5.11 Å². The Bertz CT molecular complexity index is 837. The molecule has 0 unspecified atom stereocenters. The molecular weight excluding hydrogens is 338 g/mol. The molecule has 0 saturated carbocycles. The highest BCUT2D eigenvalue weighted by molar-refractivity contribution is 7.92. The molecule has 0 heterocycles. The summed E-state index contributed by atoms with van der Waals surface area (Å²) >= 11 is 0. The molecule has 1 N–H and O–H groups in total. The molecule has 0 atom stereocenters. The number of sulfonamides is 1. The Labute approximate surface area is 149 Å². The summed E-state index contributed by atoms with van der Waals surface area (Å²) in [5, 5.41) is 8.89. The molecule has 2 aromatic rings. The maximum atomic E-state index is 13.2. The summed E-state index contributed by atoms with van der Waals surface area (Å²) in [5.74, 6) is -0.936. The van der Waals surface area contributed by atoms with Gasteiger partial charge in [0.25, 0.3) is 10.0 Å². The van der Waals surface area contributed by atoms with E-state index >= 15 is 0 Å². The normalized spacial score (nSPS) is 11.3. The van der Waals surface area contributed by atoms with Crippen molar-refractivity contribution in [2.75, 3.05) is 10.8 Å². The summed E-state index contributed by atoms with van der Waals surface area (Å²) in [5.41, 5.74) is 3.27. The van der Waals surface area contributed by atoms with Crippen molar-refractivity contribution < 1.29 is 18.3 Å². The Morgan fingerprint density at radius 3 is 2.08 bits per heavy atom. The number of hydrogen-bond donors (Lipinski definition) is 1. The first-order chi connectivity index (χ1) is 11.7. The lowest BCUT2D eigenvalue weighted by Gasteiger charge is -2.27. The van der Waals surface area contributed by atoms with Crippen LogP contribution in [0.4, 0.5) is 5.69 Å². The van der Waals surface area contributed by atoms with Crippen LogP contribution in [0.5, 0.6) is 0 Å². The second-order valence-electron chi connectivity index (χ2n) is 6.13. The summed E-state index contributed by atoms with van der Waals surface area (Å²) in [6.07, 6.45) is 0.166. The number of carboxylic acids is 1. The summed E-state index contributed by atoms with van der Waals surface area (Å²) in [7, 11) is -3.77. The first-order valence-corrected chi connectivity index (χ1v) is 9.55. The van der Waals surface area contributed by atoms with E-state index in [1.54, 1.807) is 24.3 Å². The zero-order chi connectivity index (χ0) is 18.6. The van der Waals surface area contributed by atoms with Crippen molar-refractivity contribution >= 4 is 21.7 Å². The van der Waals surface area contributed by atoms with E-state index in [1.165, 1.54) is 4.31 Å². The third-order valence-electron chi connectivity index (χ3n) is 4.05. The van der Waals surface area contributed by atoms with Gasteiger partial charge in [-0.05, 0) is 50.5 Å². The van der Waals surface area contributed by atoms with Crippen LogP contribution in [0.25, 0.3) is 0 Å². The molecule has 0 radical (unpaired) electrons. The van der Waals surface area contributed by atoms with Gasteiger partial charge in [0.2, 0.25) is 0 Å². The second-order valence-corrected chi connectivity index (χ2v) is 7.99. The van der Waals surface area contributed by atoms with Crippen LogP contribution in [0.1, 0.15) is 29.5 Å². The van der Waals surface area contributed by atoms with Crippen molar-refractivity contribution in [2.24, 2.45) is 0 Å². The van der Waals surface area contributed by atoms with E-state index in [1.807, 2.05) is 39.0 Å². The second kappa shape index (κ2) is 7.70. The number of benzene rings is 2. The molecule has 2 aromatic carbocycles. The molecule has 0 aromatic heterocycles. The number of para-hydroxylation sites is 1. The summed E-state index contributed by atoms with van der Waals surface area (Å²) in [6, 6.07) is 12.3. The Morgan fingerprint density at radius 1 is 1.00 bits per heavy atom. The van der Waals surface area contributed by atoms with E-state index in [-0.39, 0.29) is 24.3 Å². The lowest BCUT2D eigenvalue weighted by molar-refractivity contribution is -0.137. The fourth-order valence-electron chi connectivity index (χ4n) is 2.76. The molecule has 0 spiro atoms. The number of carbonyl (C=O) groups is 1. The van der Waals surface area contributed by atoms with Gasteiger partial charge in [-0.15, -0.1) is 0 Å². The largest absolute Gasteiger partial charge is 0.481 e. The molecule has 134 valence electrons. The summed E-state index contributed by atoms with van der Waals surface area (Å²) in [6.45, 7) is 5.73.